The largest absolute Gasteiger partial charge is 0.456 e. The molecule has 0 aliphatic carbocycles. The summed E-state index contributed by atoms with van der Waals surface area (Å²) < 4.78 is 95.0. The normalized spacial score (nSPS) is 18.9. The predicted octanol–water partition coefficient (Wildman–Crippen LogP) is 6.02. The molecule has 0 spiro atoms. The molecular formula is C18H11BrO. The van der Waals surface area contributed by atoms with Crippen molar-refractivity contribution in [1.82, 2.24) is 0 Å². The van der Waals surface area contributed by atoms with E-state index in [4.69, 9.17) is 19.5 Å². The second-order valence-corrected chi connectivity index (χ2v) is 4.74. The Morgan fingerprint density at radius 2 is 1.65 bits per heavy atom. The molecule has 0 amide bonds. The van der Waals surface area contributed by atoms with Crippen LogP contribution in [-0.4, -0.2) is 0 Å². The van der Waals surface area contributed by atoms with Gasteiger partial charge in [0.1, 0.15) is 11.2 Å². The second-order valence-electron chi connectivity index (χ2n) is 3.95. The van der Waals surface area contributed by atoms with E-state index in [9.17, 15) is 0 Å². The summed E-state index contributed by atoms with van der Waals surface area (Å²) in [4.78, 5) is 0. The third-order valence-corrected chi connectivity index (χ3v) is 3.37. The summed E-state index contributed by atoms with van der Waals surface area (Å²) in [6.45, 7) is 0. The van der Waals surface area contributed by atoms with Crippen LogP contribution < -0.4 is 0 Å². The molecule has 0 saturated heterocycles. The van der Waals surface area contributed by atoms with Gasteiger partial charge in [0, 0.05) is 15.2 Å². The van der Waals surface area contributed by atoms with Crippen LogP contribution in [0.2, 0.25) is 0 Å². The van der Waals surface area contributed by atoms with Gasteiger partial charge in [0.25, 0.3) is 0 Å². The SMILES string of the molecule is [2H]c1c([2H])c([2H])c(-c2c([2H])c([2H])c3oc4c([2H])c([2H])c([2H])c(Br)c4c3c2[2H])c([2H])c1[2H]. The Hall–Kier alpha value is -2.06. The van der Waals surface area contributed by atoms with Gasteiger partial charge in [-0.15, -0.1) is 0 Å². The summed E-state index contributed by atoms with van der Waals surface area (Å²) in [5.41, 5.74) is -1.11. The van der Waals surface area contributed by atoms with E-state index in [-0.39, 0.29) is 38.0 Å². The number of benzene rings is 3. The first-order valence-electron chi connectivity index (χ1n) is 11.1. The lowest BCUT2D eigenvalue weighted by Gasteiger charge is -2.01. The van der Waals surface area contributed by atoms with E-state index in [1.165, 1.54) is 0 Å². The molecule has 1 nitrogen and oxygen atoms in total. The van der Waals surface area contributed by atoms with E-state index in [0.717, 1.165) is 0 Å². The molecule has 1 aromatic heterocycles. The Morgan fingerprint density at radius 3 is 2.50 bits per heavy atom. The molecule has 0 aliphatic heterocycles. The van der Waals surface area contributed by atoms with Crippen molar-refractivity contribution in [3.63, 3.8) is 0 Å². The van der Waals surface area contributed by atoms with Gasteiger partial charge in [-0.25, -0.2) is 0 Å². The van der Waals surface area contributed by atoms with E-state index < -0.39 is 66.0 Å². The molecule has 0 N–H and O–H groups in total. The van der Waals surface area contributed by atoms with Crippen LogP contribution in [0.1, 0.15) is 15.1 Å². The van der Waals surface area contributed by atoms with Crippen molar-refractivity contribution in [3.8, 4) is 11.1 Å². The molecule has 4 rings (SSSR count). The number of furan rings is 1. The smallest absolute Gasteiger partial charge is 0.136 e. The molecule has 0 atom stereocenters. The fraction of sp³-hybridized carbons (Fsp3) is 0. The molecule has 0 bridgehead atoms. The maximum Gasteiger partial charge on any atom is 0.136 e. The number of rotatable bonds is 1. The molecule has 96 valence electrons. The second kappa shape index (κ2) is 4.50. The van der Waals surface area contributed by atoms with Crippen molar-refractivity contribution in [2.24, 2.45) is 0 Å². The first-order valence-corrected chi connectivity index (χ1v) is 6.39. The molecule has 0 saturated carbocycles. The lowest BCUT2D eigenvalue weighted by atomic mass is 10.0. The quantitative estimate of drug-likeness (QED) is 0.415. The summed E-state index contributed by atoms with van der Waals surface area (Å²) in [5.74, 6) is 0. The molecule has 0 aliphatic rings. The monoisotopic (exact) mass is 333 g/mol. The minimum Gasteiger partial charge on any atom is -0.456 e. The molecule has 4 aromatic rings. The minimum atomic E-state index is -0.639. The van der Waals surface area contributed by atoms with Gasteiger partial charge in [0.15, 0.2) is 0 Å². The Balaban J connectivity index is 2.30. The van der Waals surface area contributed by atoms with Crippen molar-refractivity contribution < 1.29 is 19.5 Å². The van der Waals surface area contributed by atoms with Crippen LogP contribution in [0.4, 0.5) is 0 Å². The summed E-state index contributed by atoms with van der Waals surface area (Å²) in [6.07, 6.45) is 0. The van der Waals surface area contributed by atoms with Crippen molar-refractivity contribution >= 4 is 37.9 Å². The van der Waals surface area contributed by atoms with Crippen LogP contribution in [0.25, 0.3) is 33.1 Å². The van der Waals surface area contributed by atoms with E-state index in [1.54, 1.807) is 0 Å². The Labute approximate surface area is 140 Å². The third kappa shape index (κ3) is 1.76. The maximum atomic E-state index is 8.70. The number of hydrogen-bond acceptors (Lipinski definition) is 1. The molecule has 2 heteroatoms. The van der Waals surface area contributed by atoms with Crippen LogP contribution in [-0.2, 0) is 0 Å². The Kier molecular flexibility index (Phi) is 1.13. The zero-order chi connectivity index (χ0) is 23.1. The molecular weight excluding hydrogens is 312 g/mol. The highest BCUT2D eigenvalue weighted by atomic mass is 79.9. The number of halogens is 1. The van der Waals surface area contributed by atoms with Gasteiger partial charge in [0.05, 0.1) is 15.1 Å². The van der Waals surface area contributed by atoms with Crippen LogP contribution in [0.5, 0.6) is 0 Å². The van der Waals surface area contributed by atoms with E-state index >= 15 is 0 Å². The predicted molar refractivity (Wildman–Crippen MR) is 86.9 cm³/mol. The first kappa shape index (κ1) is 5.05. The van der Waals surface area contributed by atoms with Crippen LogP contribution >= 0.6 is 15.9 Å². The van der Waals surface area contributed by atoms with Crippen molar-refractivity contribution in [2.75, 3.05) is 0 Å². The van der Waals surface area contributed by atoms with Gasteiger partial charge in [-0.05, 0) is 35.3 Å². The molecule has 20 heavy (non-hydrogen) atoms. The van der Waals surface area contributed by atoms with Crippen molar-refractivity contribution in [3.05, 3.63) is 70.9 Å². The highest BCUT2D eigenvalue weighted by Crippen LogP contribution is 2.36. The zero-order valence-electron chi connectivity index (χ0n) is 20.8. The lowest BCUT2D eigenvalue weighted by Crippen LogP contribution is -1.76. The maximum absolute atomic E-state index is 8.70. The van der Waals surface area contributed by atoms with Gasteiger partial charge in [-0.2, -0.15) is 0 Å². The van der Waals surface area contributed by atoms with Gasteiger partial charge in [-0.3, -0.25) is 0 Å². The van der Waals surface area contributed by atoms with Gasteiger partial charge < -0.3 is 4.42 Å². The number of hydrogen-bond donors (Lipinski definition) is 0. The van der Waals surface area contributed by atoms with Gasteiger partial charge in [0.2, 0.25) is 0 Å². The number of fused-ring (bicyclic) bond motifs is 3. The Bertz CT molecular complexity index is 1430. The molecule has 3 aromatic carbocycles. The molecule has 0 unspecified atom stereocenters. The fourth-order valence-electron chi connectivity index (χ4n) is 1.92. The van der Waals surface area contributed by atoms with Crippen LogP contribution in [0, 0.1) is 0 Å². The summed E-state index contributed by atoms with van der Waals surface area (Å²) in [7, 11) is 0. The fourth-order valence-corrected chi connectivity index (χ4v) is 2.39. The standard InChI is InChI=1S/C18H11BrO/c19-15-7-4-8-17-18(15)14-11-13(9-10-16(14)20-17)12-5-2-1-3-6-12/h1-11H/i1D,2D,3D,4D,5D,6D,7D,8D,9D,10D,11D. The van der Waals surface area contributed by atoms with Crippen LogP contribution in [0.15, 0.2) is 75.4 Å². The minimum absolute atomic E-state index is 0.0494. The third-order valence-electron chi connectivity index (χ3n) is 2.78. The molecule has 0 radical (unpaired) electrons. The molecule has 0 fully saturated rings. The summed E-state index contributed by atoms with van der Waals surface area (Å²) >= 11 is 3.18. The van der Waals surface area contributed by atoms with Gasteiger partial charge in [-0.1, -0.05) is 58.2 Å². The lowest BCUT2D eigenvalue weighted by molar-refractivity contribution is 0.669. The first-order chi connectivity index (χ1) is 14.4. The zero-order valence-corrected chi connectivity index (χ0v) is 11.4. The Morgan fingerprint density at radius 1 is 0.800 bits per heavy atom. The molecule has 1 heterocycles. The van der Waals surface area contributed by atoms with E-state index in [1.807, 2.05) is 0 Å². The van der Waals surface area contributed by atoms with Crippen LogP contribution in [0.3, 0.4) is 0 Å². The highest BCUT2D eigenvalue weighted by Gasteiger charge is 2.10. The van der Waals surface area contributed by atoms with Crippen molar-refractivity contribution in [2.45, 2.75) is 0 Å². The average Bonchev–Trinajstić information content (AvgIpc) is 3.15. The highest BCUT2D eigenvalue weighted by molar-refractivity contribution is 9.10. The van der Waals surface area contributed by atoms with Crippen molar-refractivity contribution in [1.29, 1.82) is 0 Å². The topological polar surface area (TPSA) is 13.1 Å². The average molecular weight is 334 g/mol. The van der Waals surface area contributed by atoms with Gasteiger partial charge >= 0.3 is 0 Å². The van der Waals surface area contributed by atoms with E-state index in [2.05, 4.69) is 15.9 Å². The van der Waals surface area contributed by atoms with E-state index in [0.29, 0.717) is 0 Å². The summed E-state index contributed by atoms with van der Waals surface area (Å²) in [6, 6.07) is -5.83. The summed E-state index contributed by atoms with van der Waals surface area (Å²) in [5, 5.41) is 0.0276.